The standard InChI is InChI=1S/C23H26N4O5S/c1-3-32-13-5-12-26-22(29)20(33-23(26)25-17-10-8-16(2)9-11-17)15-21(28)24-18-6-4-7-19(14-18)27(30)31/h4,6-11,14,20H,3,5,12-13,15H2,1-2H3,(H,24,28). The number of nitro benzene ring substituents is 1. The Hall–Kier alpha value is -3.24. The Morgan fingerprint density at radius 3 is 2.73 bits per heavy atom. The van der Waals surface area contributed by atoms with Gasteiger partial charge in [-0.2, -0.15) is 0 Å². The second kappa shape index (κ2) is 11.6. The molecular weight excluding hydrogens is 444 g/mol. The van der Waals surface area contributed by atoms with Crippen molar-refractivity contribution in [3.63, 3.8) is 0 Å². The smallest absolute Gasteiger partial charge is 0.271 e. The van der Waals surface area contributed by atoms with Crippen molar-refractivity contribution in [2.45, 2.75) is 31.9 Å². The molecule has 1 saturated heterocycles. The molecule has 10 heteroatoms. The Labute approximate surface area is 196 Å². The van der Waals surface area contributed by atoms with Crippen LogP contribution in [0.3, 0.4) is 0 Å². The van der Waals surface area contributed by atoms with Crippen LogP contribution in [-0.4, -0.2) is 51.8 Å². The van der Waals surface area contributed by atoms with E-state index >= 15 is 0 Å². The number of non-ortho nitro benzene ring substituents is 1. The van der Waals surface area contributed by atoms with Gasteiger partial charge in [-0.3, -0.25) is 24.6 Å². The summed E-state index contributed by atoms with van der Waals surface area (Å²) in [4.78, 5) is 42.3. The molecule has 1 aliphatic rings. The summed E-state index contributed by atoms with van der Waals surface area (Å²) in [5.74, 6) is -0.580. The summed E-state index contributed by atoms with van der Waals surface area (Å²) < 4.78 is 5.38. The van der Waals surface area contributed by atoms with Crippen LogP contribution in [0.1, 0.15) is 25.3 Å². The van der Waals surface area contributed by atoms with Crippen LogP contribution >= 0.6 is 11.8 Å². The fraction of sp³-hybridized carbons (Fsp3) is 0.348. The fourth-order valence-electron chi connectivity index (χ4n) is 3.21. The van der Waals surface area contributed by atoms with Crippen LogP contribution in [0.5, 0.6) is 0 Å². The molecule has 0 aromatic heterocycles. The molecule has 1 atom stereocenters. The third-order valence-corrected chi connectivity index (χ3v) is 6.04. The highest BCUT2D eigenvalue weighted by molar-refractivity contribution is 8.15. The minimum absolute atomic E-state index is 0.0684. The van der Waals surface area contributed by atoms with Crippen LogP contribution in [-0.2, 0) is 14.3 Å². The first-order valence-corrected chi connectivity index (χ1v) is 11.5. The lowest BCUT2D eigenvalue weighted by Gasteiger charge is -2.16. The van der Waals surface area contributed by atoms with E-state index in [0.29, 0.717) is 37.0 Å². The molecular formula is C23H26N4O5S. The van der Waals surface area contributed by atoms with Gasteiger partial charge in [0.2, 0.25) is 11.8 Å². The van der Waals surface area contributed by atoms with E-state index in [1.54, 1.807) is 11.0 Å². The maximum Gasteiger partial charge on any atom is 0.271 e. The van der Waals surface area contributed by atoms with Crippen molar-refractivity contribution in [1.82, 2.24) is 4.90 Å². The van der Waals surface area contributed by atoms with Gasteiger partial charge < -0.3 is 10.1 Å². The number of nitrogens with zero attached hydrogens (tertiary/aromatic N) is 3. The van der Waals surface area contributed by atoms with Gasteiger partial charge in [-0.25, -0.2) is 4.99 Å². The highest BCUT2D eigenvalue weighted by Crippen LogP contribution is 2.32. The number of benzene rings is 2. The Bertz CT molecular complexity index is 1040. The molecule has 33 heavy (non-hydrogen) atoms. The van der Waals surface area contributed by atoms with E-state index in [4.69, 9.17) is 4.74 Å². The average molecular weight is 471 g/mol. The number of hydrogen-bond donors (Lipinski definition) is 1. The zero-order chi connectivity index (χ0) is 23.8. The minimum Gasteiger partial charge on any atom is -0.382 e. The molecule has 0 saturated carbocycles. The van der Waals surface area contributed by atoms with E-state index in [9.17, 15) is 19.7 Å². The number of nitro groups is 1. The van der Waals surface area contributed by atoms with E-state index < -0.39 is 16.1 Å². The van der Waals surface area contributed by atoms with Crippen molar-refractivity contribution in [3.8, 4) is 0 Å². The number of thioether (sulfide) groups is 1. The monoisotopic (exact) mass is 470 g/mol. The lowest BCUT2D eigenvalue weighted by molar-refractivity contribution is -0.384. The van der Waals surface area contributed by atoms with Crippen LogP contribution in [0, 0.1) is 17.0 Å². The maximum absolute atomic E-state index is 13.1. The first kappa shape index (κ1) is 24.4. The number of anilines is 1. The second-order valence-corrected chi connectivity index (χ2v) is 8.61. The maximum atomic E-state index is 13.1. The number of ether oxygens (including phenoxy) is 1. The number of hydrogen-bond acceptors (Lipinski definition) is 7. The van der Waals surface area contributed by atoms with Gasteiger partial charge in [0.15, 0.2) is 5.17 Å². The number of rotatable bonds is 10. The summed E-state index contributed by atoms with van der Waals surface area (Å²) in [6, 6.07) is 13.4. The van der Waals surface area contributed by atoms with Crippen molar-refractivity contribution in [2.75, 3.05) is 25.1 Å². The summed E-state index contributed by atoms with van der Waals surface area (Å²) in [5, 5.41) is 13.5. The lowest BCUT2D eigenvalue weighted by Crippen LogP contribution is -2.34. The van der Waals surface area contributed by atoms with Gasteiger partial charge in [-0.1, -0.05) is 35.5 Å². The SMILES string of the molecule is CCOCCCN1C(=O)C(CC(=O)Nc2cccc([N+](=O)[O-])c2)SC1=Nc1ccc(C)cc1. The molecule has 1 heterocycles. The Balaban J connectivity index is 1.71. The molecule has 1 N–H and O–H groups in total. The highest BCUT2D eigenvalue weighted by Gasteiger charge is 2.39. The topological polar surface area (TPSA) is 114 Å². The fourth-order valence-corrected chi connectivity index (χ4v) is 4.39. The predicted molar refractivity (Wildman–Crippen MR) is 129 cm³/mol. The van der Waals surface area contributed by atoms with Gasteiger partial charge in [-0.05, 0) is 38.5 Å². The minimum atomic E-state index is -0.625. The van der Waals surface area contributed by atoms with Crippen molar-refractivity contribution < 1.29 is 19.2 Å². The zero-order valence-electron chi connectivity index (χ0n) is 18.5. The molecule has 1 aliphatic heterocycles. The molecule has 0 aliphatic carbocycles. The zero-order valence-corrected chi connectivity index (χ0v) is 19.3. The predicted octanol–water partition coefficient (Wildman–Crippen LogP) is 4.29. The first-order chi connectivity index (χ1) is 15.9. The summed E-state index contributed by atoms with van der Waals surface area (Å²) >= 11 is 1.25. The van der Waals surface area contributed by atoms with Gasteiger partial charge in [0.1, 0.15) is 5.25 Å². The van der Waals surface area contributed by atoms with Crippen LogP contribution in [0.2, 0.25) is 0 Å². The van der Waals surface area contributed by atoms with Gasteiger partial charge in [-0.15, -0.1) is 0 Å². The molecule has 0 spiro atoms. The molecule has 0 bridgehead atoms. The Morgan fingerprint density at radius 1 is 1.27 bits per heavy atom. The Morgan fingerprint density at radius 2 is 2.03 bits per heavy atom. The third kappa shape index (κ3) is 6.87. The number of nitrogens with one attached hydrogen (secondary N) is 1. The molecule has 1 unspecified atom stereocenters. The van der Waals surface area contributed by atoms with Gasteiger partial charge in [0.05, 0.1) is 10.6 Å². The molecule has 1 fully saturated rings. The van der Waals surface area contributed by atoms with Crippen molar-refractivity contribution >= 4 is 45.8 Å². The van der Waals surface area contributed by atoms with Crippen LogP contribution in [0.15, 0.2) is 53.5 Å². The quantitative estimate of drug-likeness (QED) is 0.315. The summed E-state index contributed by atoms with van der Waals surface area (Å²) in [6.45, 7) is 5.48. The molecule has 2 aromatic rings. The Kier molecular flexibility index (Phi) is 8.56. The largest absolute Gasteiger partial charge is 0.382 e. The number of carbonyl (C=O) groups is 2. The average Bonchev–Trinajstić information content (AvgIpc) is 3.07. The summed E-state index contributed by atoms with van der Waals surface area (Å²) in [5.41, 5.74) is 2.03. The molecule has 174 valence electrons. The van der Waals surface area contributed by atoms with Crippen LogP contribution < -0.4 is 5.32 Å². The van der Waals surface area contributed by atoms with E-state index in [-0.39, 0.29) is 18.0 Å². The number of aryl methyl sites for hydroxylation is 1. The number of amides is 2. The second-order valence-electron chi connectivity index (χ2n) is 7.44. The van der Waals surface area contributed by atoms with E-state index in [0.717, 1.165) is 11.3 Å². The van der Waals surface area contributed by atoms with Gasteiger partial charge in [0.25, 0.3) is 5.69 Å². The third-order valence-electron chi connectivity index (χ3n) is 4.86. The van der Waals surface area contributed by atoms with Gasteiger partial charge in [0, 0.05) is 44.0 Å². The number of carbonyl (C=O) groups excluding carboxylic acids is 2. The number of aliphatic imine (C=N–C) groups is 1. The van der Waals surface area contributed by atoms with E-state index in [2.05, 4.69) is 10.3 Å². The first-order valence-electron chi connectivity index (χ1n) is 10.6. The lowest BCUT2D eigenvalue weighted by atomic mass is 10.2. The van der Waals surface area contributed by atoms with Gasteiger partial charge >= 0.3 is 0 Å². The molecule has 2 aromatic carbocycles. The van der Waals surface area contributed by atoms with Crippen molar-refractivity contribution in [1.29, 1.82) is 0 Å². The summed E-state index contributed by atoms with van der Waals surface area (Å²) in [6.07, 6.45) is 0.584. The summed E-state index contributed by atoms with van der Waals surface area (Å²) in [7, 11) is 0. The molecule has 3 rings (SSSR count). The van der Waals surface area contributed by atoms with E-state index in [1.165, 1.54) is 30.0 Å². The van der Waals surface area contributed by atoms with E-state index in [1.807, 2.05) is 38.1 Å². The van der Waals surface area contributed by atoms with Crippen LogP contribution in [0.4, 0.5) is 17.1 Å². The molecule has 0 radical (unpaired) electrons. The van der Waals surface area contributed by atoms with Crippen molar-refractivity contribution in [3.05, 3.63) is 64.2 Å². The highest BCUT2D eigenvalue weighted by atomic mass is 32.2. The molecule has 2 amide bonds. The van der Waals surface area contributed by atoms with Crippen LogP contribution in [0.25, 0.3) is 0 Å². The van der Waals surface area contributed by atoms with Crippen molar-refractivity contribution in [2.24, 2.45) is 4.99 Å². The number of amidine groups is 1. The molecule has 9 nitrogen and oxygen atoms in total. The normalized spacial score (nSPS) is 16.9.